The molecule has 0 saturated carbocycles. The molecule has 32 heavy (non-hydrogen) atoms. The van der Waals surface area contributed by atoms with Crippen molar-refractivity contribution < 1.29 is 4.79 Å². The fourth-order valence-electron chi connectivity index (χ4n) is 4.02. The van der Waals surface area contributed by atoms with Gasteiger partial charge in [0.2, 0.25) is 0 Å². The molecule has 0 radical (unpaired) electrons. The topological polar surface area (TPSA) is 115 Å². The second kappa shape index (κ2) is 8.10. The summed E-state index contributed by atoms with van der Waals surface area (Å²) in [5, 5.41) is 14.2. The number of benzene rings is 2. The number of hydrogen-bond donors (Lipinski definition) is 2. The number of aromatic amines is 2. The van der Waals surface area contributed by atoms with Gasteiger partial charge in [-0.05, 0) is 6.07 Å². The van der Waals surface area contributed by atoms with Crippen molar-refractivity contribution >= 4 is 22.4 Å². The minimum atomic E-state index is -0.322. The van der Waals surface area contributed by atoms with E-state index in [2.05, 4.69) is 25.3 Å². The van der Waals surface area contributed by atoms with E-state index in [4.69, 9.17) is 0 Å². The maximum absolute atomic E-state index is 13.2. The first-order chi connectivity index (χ1) is 15.6. The zero-order chi connectivity index (χ0) is 22.1. The molecule has 5 rings (SSSR count). The van der Waals surface area contributed by atoms with Crippen molar-refractivity contribution in [3.8, 4) is 11.3 Å². The number of rotatable bonds is 3. The number of aromatic nitrogens is 4. The van der Waals surface area contributed by atoms with Gasteiger partial charge in [-0.25, -0.2) is 10.2 Å². The Morgan fingerprint density at radius 2 is 1.50 bits per heavy atom. The average Bonchev–Trinajstić information content (AvgIpc) is 2.85. The molecule has 9 nitrogen and oxygen atoms in total. The lowest BCUT2D eigenvalue weighted by Gasteiger charge is -2.36. The molecule has 0 unspecified atom stereocenters. The minimum absolute atomic E-state index is 0.232. The number of hydrogen-bond acceptors (Lipinski definition) is 6. The van der Waals surface area contributed by atoms with Gasteiger partial charge in [0.1, 0.15) is 5.69 Å². The maximum Gasteiger partial charge on any atom is 0.275 e. The zero-order valence-electron chi connectivity index (χ0n) is 17.1. The number of anilines is 1. The number of amides is 1. The summed E-state index contributed by atoms with van der Waals surface area (Å²) in [6.45, 7) is 1.99. The first-order valence-electron chi connectivity index (χ1n) is 10.3. The van der Waals surface area contributed by atoms with Crippen molar-refractivity contribution in [1.82, 2.24) is 25.3 Å². The van der Waals surface area contributed by atoms with E-state index in [-0.39, 0.29) is 22.7 Å². The van der Waals surface area contributed by atoms with E-state index in [1.807, 2.05) is 30.3 Å². The normalized spacial score (nSPS) is 14.0. The van der Waals surface area contributed by atoms with Gasteiger partial charge in [-0.3, -0.25) is 14.4 Å². The van der Waals surface area contributed by atoms with Crippen LogP contribution in [0.3, 0.4) is 0 Å². The molecular formula is C23H20N6O3. The van der Waals surface area contributed by atoms with Gasteiger partial charge >= 0.3 is 0 Å². The van der Waals surface area contributed by atoms with E-state index < -0.39 is 0 Å². The summed E-state index contributed by atoms with van der Waals surface area (Å²) in [6.07, 6.45) is 0. The smallest absolute Gasteiger partial charge is 0.275 e. The van der Waals surface area contributed by atoms with Gasteiger partial charge in [-0.2, -0.15) is 10.2 Å². The third-order valence-electron chi connectivity index (χ3n) is 5.64. The van der Waals surface area contributed by atoms with E-state index in [0.717, 1.165) is 11.3 Å². The SMILES string of the molecule is O=C(c1n[nH]c(=O)c2ccccc12)N1CCN(c2cc(=O)[nH]nc2-c2ccccc2)CC1. The predicted octanol–water partition coefficient (Wildman–Crippen LogP) is 1.64. The molecule has 2 N–H and O–H groups in total. The van der Waals surface area contributed by atoms with Crippen LogP contribution in [-0.2, 0) is 0 Å². The molecule has 1 aliphatic rings. The number of fused-ring (bicyclic) bond motifs is 1. The Morgan fingerprint density at radius 3 is 2.25 bits per heavy atom. The van der Waals surface area contributed by atoms with Crippen LogP contribution >= 0.6 is 0 Å². The van der Waals surface area contributed by atoms with Crippen LogP contribution in [0.25, 0.3) is 22.0 Å². The van der Waals surface area contributed by atoms with E-state index in [1.165, 1.54) is 0 Å². The fraction of sp³-hybridized carbons (Fsp3) is 0.174. The molecule has 4 aromatic rings. The molecule has 1 aliphatic heterocycles. The van der Waals surface area contributed by atoms with Crippen molar-refractivity contribution in [1.29, 1.82) is 0 Å². The molecule has 1 fully saturated rings. The van der Waals surface area contributed by atoms with E-state index in [1.54, 1.807) is 35.2 Å². The third-order valence-corrected chi connectivity index (χ3v) is 5.64. The fourth-order valence-corrected chi connectivity index (χ4v) is 4.02. The lowest BCUT2D eigenvalue weighted by molar-refractivity contribution is 0.0742. The Hall–Kier alpha value is -4.27. The summed E-state index contributed by atoms with van der Waals surface area (Å²) in [5.74, 6) is -0.232. The van der Waals surface area contributed by atoms with Crippen LogP contribution in [0.4, 0.5) is 5.69 Å². The second-order valence-corrected chi connectivity index (χ2v) is 7.56. The van der Waals surface area contributed by atoms with Gasteiger partial charge in [-0.1, -0.05) is 48.5 Å². The molecule has 1 saturated heterocycles. The van der Waals surface area contributed by atoms with Crippen LogP contribution in [0.2, 0.25) is 0 Å². The zero-order valence-corrected chi connectivity index (χ0v) is 17.1. The van der Waals surface area contributed by atoms with E-state index in [9.17, 15) is 14.4 Å². The van der Waals surface area contributed by atoms with Crippen molar-refractivity contribution in [3.05, 3.63) is 87.1 Å². The van der Waals surface area contributed by atoms with Crippen LogP contribution in [0, 0.1) is 0 Å². The summed E-state index contributed by atoms with van der Waals surface area (Å²) in [7, 11) is 0. The number of piperazine rings is 1. The van der Waals surface area contributed by atoms with Crippen molar-refractivity contribution in [2.75, 3.05) is 31.1 Å². The van der Waals surface area contributed by atoms with E-state index >= 15 is 0 Å². The van der Waals surface area contributed by atoms with Crippen LogP contribution in [0.15, 0.2) is 70.3 Å². The average molecular weight is 428 g/mol. The number of carbonyl (C=O) groups excluding carboxylic acids is 1. The largest absolute Gasteiger partial charge is 0.366 e. The summed E-state index contributed by atoms with van der Waals surface area (Å²) < 4.78 is 0. The Morgan fingerprint density at radius 1 is 0.812 bits per heavy atom. The first-order valence-corrected chi connectivity index (χ1v) is 10.3. The van der Waals surface area contributed by atoms with Gasteiger partial charge in [-0.15, -0.1) is 0 Å². The lowest BCUT2D eigenvalue weighted by Crippen LogP contribution is -2.49. The van der Waals surface area contributed by atoms with Crippen LogP contribution in [0.1, 0.15) is 10.5 Å². The summed E-state index contributed by atoms with van der Waals surface area (Å²) in [6, 6.07) is 18.1. The first kappa shape index (κ1) is 19.7. The molecule has 1 amide bonds. The number of carbonyl (C=O) groups is 1. The summed E-state index contributed by atoms with van der Waals surface area (Å²) in [4.78, 5) is 40.9. The molecule has 160 valence electrons. The minimum Gasteiger partial charge on any atom is -0.366 e. The molecule has 0 bridgehead atoms. The van der Waals surface area contributed by atoms with Crippen molar-refractivity contribution in [3.63, 3.8) is 0 Å². The highest BCUT2D eigenvalue weighted by molar-refractivity contribution is 6.04. The van der Waals surface area contributed by atoms with Gasteiger partial charge in [0.15, 0.2) is 5.69 Å². The third kappa shape index (κ3) is 3.53. The van der Waals surface area contributed by atoms with Gasteiger partial charge in [0.05, 0.1) is 11.1 Å². The van der Waals surface area contributed by atoms with Crippen molar-refractivity contribution in [2.45, 2.75) is 0 Å². The highest BCUT2D eigenvalue weighted by Crippen LogP contribution is 2.28. The van der Waals surface area contributed by atoms with E-state index in [0.29, 0.717) is 42.6 Å². The molecule has 0 aliphatic carbocycles. The molecular weight excluding hydrogens is 408 g/mol. The van der Waals surface area contributed by atoms with Crippen LogP contribution in [-0.4, -0.2) is 57.4 Å². The Labute approximate surface area is 182 Å². The predicted molar refractivity (Wildman–Crippen MR) is 121 cm³/mol. The number of H-pyrrole nitrogens is 2. The molecule has 2 aromatic heterocycles. The number of nitrogens with one attached hydrogen (secondary N) is 2. The van der Waals surface area contributed by atoms with Gasteiger partial charge in [0, 0.05) is 43.2 Å². The second-order valence-electron chi connectivity index (χ2n) is 7.56. The Bertz CT molecular complexity index is 1400. The molecule has 2 aromatic carbocycles. The Balaban J connectivity index is 1.40. The quantitative estimate of drug-likeness (QED) is 0.513. The Kier molecular flexibility index (Phi) is 4.98. The standard InChI is InChI=1S/C23H20N6O3/c30-19-14-18(20(25-24-19)15-6-2-1-3-7-15)28-10-12-29(13-11-28)23(32)21-16-8-4-5-9-17(16)22(31)27-26-21/h1-9,14H,10-13H2,(H,24,30)(H,27,31). The summed E-state index contributed by atoms with van der Waals surface area (Å²) in [5.41, 5.74) is 1.97. The highest BCUT2D eigenvalue weighted by Gasteiger charge is 2.26. The van der Waals surface area contributed by atoms with Crippen LogP contribution < -0.4 is 16.0 Å². The summed E-state index contributed by atoms with van der Waals surface area (Å²) >= 11 is 0. The number of nitrogens with zero attached hydrogens (tertiary/aromatic N) is 4. The monoisotopic (exact) mass is 428 g/mol. The van der Waals surface area contributed by atoms with Gasteiger partial charge < -0.3 is 9.80 Å². The molecule has 0 atom stereocenters. The molecule has 9 heteroatoms. The van der Waals surface area contributed by atoms with Crippen molar-refractivity contribution in [2.24, 2.45) is 0 Å². The maximum atomic E-state index is 13.2. The lowest BCUT2D eigenvalue weighted by atomic mass is 10.1. The molecule has 3 heterocycles. The van der Waals surface area contributed by atoms with Crippen LogP contribution in [0.5, 0.6) is 0 Å². The highest BCUT2D eigenvalue weighted by atomic mass is 16.2. The molecule has 0 spiro atoms. The van der Waals surface area contributed by atoms with Gasteiger partial charge in [0.25, 0.3) is 17.0 Å².